The van der Waals surface area contributed by atoms with Gasteiger partial charge in [0.05, 0.1) is 31.3 Å². The minimum Gasteiger partial charge on any atom is -0.493 e. The molecule has 1 N–H and O–H groups in total. The first-order chi connectivity index (χ1) is 14.1. The molecule has 0 aliphatic rings. The summed E-state index contributed by atoms with van der Waals surface area (Å²) in [6.07, 6.45) is 1.54. The van der Waals surface area contributed by atoms with E-state index in [1.54, 1.807) is 35.9 Å². The summed E-state index contributed by atoms with van der Waals surface area (Å²) >= 11 is 0. The zero-order valence-corrected chi connectivity index (χ0v) is 16.1. The molecule has 4 rings (SSSR count). The van der Waals surface area contributed by atoms with E-state index in [1.165, 1.54) is 12.3 Å². The number of hydrogen-bond acceptors (Lipinski definition) is 4. The third-order valence-electron chi connectivity index (χ3n) is 4.67. The molecule has 0 atom stereocenters. The topological polar surface area (TPSA) is 69.1 Å². The quantitative estimate of drug-likeness (QED) is 0.538. The number of nitrogens with zero attached hydrogens (tertiary/aromatic N) is 2. The molecular formula is C22H20FN3O3. The standard InChI is InChI=1S/C22H20FN3O3/c1-3-29-20-11-14(6-9-19(20)28-2)13-26-18-8-7-15(12-17(18)25-22(26)27)21-16(23)5-4-10-24-21/h4-12H,3,13H2,1-2H3,(H,25,27). The molecule has 0 unspecified atom stereocenters. The van der Waals surface area contributed by atoms with E-state index in [2.05, 4.69) is 9.97 Å². The van der Waals surface area contributed by atoms with Crippen LogP contribution in [0.5, 0.6) is 11.5 Å². The number of nitrogens with one attached hydrogen (secondary N) is 1. The normalized spacial score (nSPS) is 11.0. The number of fused-ring (bicyclic) bond motifs is 1. The molecule has 148 valence electrons. The van der Waals surface area contributed by atoms with E-state index in [1.807, 2.05) is 25.1 Å². The fourth-order valence-electron chi connectivity index (χ4n) is 3.34. The van der Waals surface area contributed by atoms with Gasteiger partial charge in [-0.25, -0.2) is 9.18 Å². The molecule has 0 radical (unpaired) electrons. The van der Waals surface area contributed by atoms with E-state index in [0.29, 0.717) is 35.7 Å². The Morgan fingerprint density at radius 2 is 2.00 bits per heavy atom. The minimum atomic E-state index is -0.407. The number of methoxy groups -OCH3 is 1. The third kappa shape index (κ3) is 3.59. The highest BCUT2D eigenvalue weighted by Gasteiger charge is 2.13. The number of pyridine rings is 1. The molecule has 0 aliphatic carbocycles. The molecule has 7 heteroatoms. The first-order valence-corrected chi connectivity index (χ1v) is 9.24. The van der Waals surface area contributed by atoms with Crippen molar-refractivity contribution in [2.75, 3.05) is 13.7 Å². The van der Waals surface area contributed by atoms with E-state index in [0.717, 1.165) is 11.1 Å². The van der Waals surface area contributed by atoms with Crippen molar-refractivity contribution >= 4 is 11.0 Å². The van der Waals surface area contributed by atoms with E-state index < -0.39 is 5.82 Å². The van der Waals surface area contributed by atoms with Crippen molar-refractivity contribution in [1.82, 2.24) is 14.5 Å². The lowest BCUT2D eigenvalue weighted by Gasteiger charge is -2.11. The van der Waals surface area contributed by atoms with Gasteiger partial charge in [0.15, 0.2) is 11.5 Å². The Morgan fingerprint density at radius 3 is 2.76 bits per heavy atom. The molecule has 4 aromatic rings. The number of halogens is 1. The predicted molar refractivity (Wildman–Crippen MR) is 109 cm³/mol. The van der Waals surface area contributed by atoms with Crippen LogP contribution in [-0.4, -0.2) is 28.3 Å². The molecule has 0 fully saturated rings. The summed E-state index contributed by atoms with van der Waals surface area (Å²) in [6, 6.07) is 13.8. The lowest BCUT2D eigenvalue weighted by Crippen LogP contribution is -2.17. The second-order valence-corrected chi connectivity index (χ2v) is 6.50. The van der Waals surface area contributed by atoms with E-state index in [4.69, 9.17) is 9.47 Å². The van der Waals surface area contributed by atoms with Crippen LogP contribution in [0, 0.1) is 5.82 Å². The maximum atomic E-state index is 14.0. The largest absolute Gasteiger partial charge is 0.493 e. The fourth-order valence-corrected chi connectivity index (χ4v) is 3.34. The van der Waals surface area contributed by atoms with Crippen LogP contribution in [0.2, 0.25) is 0 Å². The Bertz CT molecular complexity index is 1230. The second-order valence-electron chi connectivity index (χ2n) is 6.50. The molecule has 0 saturated heterocycles. The van der Waals surface area contributed by atoms with Crippen LogP contribution in [0.15, 0.2) is 59.5 Å². The number of aromatic amines is 1. The summed E-state index contributed by atoms with van der Waals surface area (Å²) in [5.74, 6) is 0.868. The fraction of sp³-hybridized carbons (Fsp3) is 0.182. The summed E-state index contributed by atoms with van der Waals surface area (Å²) in [5, 5.41) is 0. The first-order valence-electron chi connectivity index (χ1n) is 9.24. The van der Waals surface area contributed by atoms with Gasteiger partial charge in [0.1, 0.15) is 11.5 Å². The van der Waals surface area contributed by atoms with Gasteiger partial charge in [-0.2, -0.15) is 0 Å². The van der Waals surface area contributed by atoms with Gasteiger partial charge in [0.25, 0.3) is 0 Å². The van der Waals surface area contributed by atoms with Gasteiger partial charge in [-0.1, -0.05) is 12.1 Å². The molecule has 2 aromatic heterocycles. The van der Waals surface area contributed by atoms with Gasteiger partial charge in [-0.15, -0.1) is 0 Å². The van der Waals surface area contributed by atoms with Crippen LogP contribution >= 0.6 is 0 Å². The van der Waals surface area contributed by atoms with Crippen molar-refractivity contribution in [3.8, 4) is 22.8 Å². The van der Waals surface area contributed by atoms with E-state index in [9.17, 15) is 9.18 Å². The Labute approximate surface area is 166 Å². The van der Waals surface area contributed by atoms with E-state index >= 15 is 0 Å². The van der Waals surface area contributed by atoms with Crippen LogP contribution in [0.4, 0.5) is 4.39 Å². The highest BCUT2D eigenvalue weighted by molar-refractivity contribution is 5.81. The Balaban J connectivity index is 1.72. The SMILES string of the molecule is CCOc1cc(Cn2c(=O)[nH]c3cc(-c4ncccc4F)ccc32)ccc1OC. The summed E-state index contributed by atoms with van der Waals surface area (Å²) in [4.78, 5) is 19.5. The molecule has 0 aliphatic heterocycles. The Kier molecular flexibility index (Phi) is 5.03. The smallest absolute Gasteiger partial charge is 0.326 e. The Morgan fingerprint density at radius 1 is 1.14 bits per heavy atom. The van der Waals surface area contributed by atoms with Gasteiger partial charge >= 0.3 is 5.69 Å². The average Bonchev–Trinajstić information content (AvgIpc) is 3.03. The summed E-state index contributed by atoms with van der Waals surface area (Å²) in [7, 11) is 1.59. The molecule has 0 spiro atoms. The van der Waals surface area contributed by atoms with Crippen LogP contribution in [0.1, 0.15) is 12.5 Å². The molecule has 29 heavy (non-hydrogen) atoms. The number of benzene rings is 2. The van der Waals surface area contributed by atoms with Crippen molar-refractivity contribution in [3.05, 3.63) is 76.6 Å². The van der Waals surface area contributed by atoms with Gasteiger partial charge in [-0.3, -0.25) is 9.55 Å². The average molecular weight is 393 g/mol. The zero-order valence-electron chi connectivity index (χ0n) is 16.1. The third-order valence-corrected chi connectivity index (χ3v) is 4.67. The lowest BCUT2D eigenvalue weighted by molar-refractivity contribution is 0.310. The van der Waals surface area contributed by atoms with Crippen LogP contribution in [-0.2, 0) is 6.54 Å². The van der Waals surface area contributed by atoms with E-state index in [-0.39, 0.29) is 11.4 Å². The van der Waals surface area contributed by atoms with Crippen LogP contribution in [0.25, 0.3) is 22.3 Å². The number of hydrogen-bond donors (Lipinski definition) is 1. The number of rotatable bonds is 6. The number of aromatic nitrogens is 3. The molecular weight excluding hydrogens is 373 g/mol. The van der Waals surface area contributed by atoms with Crippen LogP contribution < -0.4 is 15.2 Å². The summed E-state index contributed by atoms with van der Waals surface area (Å²) < 4.78 is 26.6. The van der Waals surface area contributed by atoms with Crippen molar-refractivity contribution in [2.24, 2.45) is 0 Å². The predicted octanol–water partition coefficient (Wildman–Crippen LogP) is 3.99. The van der Waals surface area contributed by atoms with Crippen molar-refractivity contribution in [1.29, 1.82) is 0 Å². The number of H-pyrrole nitrogens is 1. The molecule has 0 bridgehead atoms. The number of imidazole rings is 1. The summed E-state index contributed by atoms with van der Waals surface area (Å²) in [6.45, 7) is 2.78. The van der Waals surface area contributed by atoms with Crippen molar-refractivity contribution in [3.63, 3.8) is 0 Å². The Hall–Kier alpha value is -3.61. The maximum Gasteiger partial charge on any atom is 0.326 e. The zero-order chi connectivity index (χ0) is 20.4. The lowest BCUT2D eigenvalue weighted by atomic mass is 10.1. The monoisotopic (exact) mass is 393 g/mol. The second kappa shape index (κ2) is 7.79. The minimum absolute atomic E-state index is 0.243. The van der Waals surface area contributed by atoms with Crippen molar-refractivity contribution in [2.45, 2.75) is 13.5 Å². The van der Waals surface area contributed by atoms with Crippen molar-refractivity contribution < 1.29 is 13.9 Å². The van der Waals surface area contributed by atoms with Gasteiger partial charge < -0.3 is 14.5 Å². The molecule has 0 saturated carbocycles. The van der Waals surface area contributed by atoms with Gasteiger partial charge in [0, 0.05) is 11.8 Å². The molecule has 0 amide bonds. The summed E-state index contributed by atoms with van der Waals surface area (Å²) in [5.41, 5.74) is 2.86. The highest BCUT2D eigenvalue weighted by Crippen LogP contribution is 2.29. The first kappa shape index (κ1) is 18.7. The van der Waals surface area contributed by atoms with Gasteiger partial charge in [0.2, 0.25) is 0 Å². The molecule has 2 aromatic carbocycles. The number of ether oxygens (including phenoxy) is 2. The van der Waals surface area contributed by atoms with Crippen LogP contribution in [0.3, 0.4) is 0 Å². The molecule has 6 nitrogen and oxygen atoms in total. The molecule has 2 heterocycles. The van der Waals surface area contributed by atoms with Gasteiger partial charge in [-0.05, 0) is 48.9 Å². The highest BCUT2D eigenvalue weighted by atomic mass is 19.1. The maximum absolute atomic E-state index is 14.0.